The SMILES string of the molecule is CC(C)(C)NS(=O)(=O)c1cccc(-c2ccc3cnc(Nc4ccc5ncsc5c4)nn23)c1. The van der Waals surface area contributed by atoms with Crippen LogP contribution in [-0.4, -0.2) is 33.5 Å². The Morgan fingerprint density at radius 1 is 1.00 bits per heavy atom. The van der Waals surface area contributed by atoms with Gasteiger partial charge in [0.05, 0.1) is 38.0 Å². The largest absolute Gasteiger partial charge is 0.323 e. The van der Waals surface area contributed by atoms with Gasteiger partial charge in [0.1, 0.15) is 0 Å². The zero-order valence-corrected chi connectivity index (χ0v) is 19.9. The fourth-order valence-corrected chi connectivity index (χ4v) is 5.70. The van der Waals surface area contributed by atoms with E-state index in [-0.39, 0.29) is 4.90 Å². The topological polar surface area (TPSA) is 101 Å². The first-order chi connectivity index (χ1) is 15.7. The van der Waals surface area contributed by atoms with E-state index in [1.807, 2.05) is 62.7 Å². The molecule has 33 heavy (non-hydrogen) atoms. The number of anilines is 2. The average molecular weight is 479 g/mol. The third-order valence-electron chi connectivity index (χ3n) is 4.87. The predicted octanol–water partition coefficient (Wildman–Crippen LogP) is 4.83. The zero-order valence-electron chi connectivity index (χ0n) is 18.3. The Bertz CT molecular complexity index is 1580. The Hall–Kier alpha value is -3.34. The average Bonchev–Trinajstić information content (AvgIpc) is 3.38. The highest BCUT2D eigenvalue weighted by Gasteiger charge is 2.22. The Morgan fingerprint density at radius 2 is 1.85 bits per heavy atom. The molecule has 0 aliphatic heterocycles. The van der Waals surface area contributed by atoms with E-state index in [9.17, 15) is 8.42 Å². The second-order valence-electron chi connectivity index (χ2n) is 8.68. The van der Waals surface area contributed by atoms with Crippen LogP contribution in [0.4, 0.5) is 11.6 Å². The number of hydrogen-bond acceptors (Lipinski definition) is 7. The van der Waals surface area contributed by atoms with Gasteiger partial charge in [-0.3, -0.25) is 0 Å². The summed E-state index contributed by atoms with van der Waals surface area (Å²) in [6.45, 7) is 5.44. The molecule has 0 radical (unpaired) electrons. The molecular formula is C23H22N6O2S2. The number of aromatic nitrogens is 4. The van der Waals surface area contributed by atoms with Crippen molar-refractivity contribution in [2.24, 2.45) is 0 Å². The van der Waals surface area contributed by atoms with Crippen LogP contribution in [0.5, 0.6) is 0 Å². The molecule has 0 aliphatic rings. The van der Waals surface area contributed by atoms with Crippen molar-refractivity contribution in [1.29, 1.82) is 0 Å². The summed E-state index contributed by atoms with van der Waals surface area (Å²) in [5.74, 6) is 0.432. The molecular weight excluding hydrogens is 456 g/mol. The van der Waals surface area contributed by atoms with Crippen LogP contribution in [0, 0.1) is 0 Å². The van der Waals surface area contributed by atoms with Gasteiger partial charge in [0, 0.05) is 16.8 Å². The maximum atomic E-state index is 12.8. The normalized spacial score (nSPS) is 12.5. The van der Waals surface area contributed by atoms with Gasteiger partial charge < -0.3 is 5.32 Å². The van der Waals surface area contributed by atoms with Gasteiger partial charge in [0.25, 0.3) is 0 Å². The summed E-state index contributed by atoms with van der Waals surface area (Å²) in [7, 11) is -3.66. The minimum Gasteiger partial charge on any atom is -0.323 e. The lowest BCUT2D eigenvalue weighted by atomic mass is 10.1. The molecule has 8 nitrogen and oxygen atoms in total. The molecule has 0 spiro atoms. The molecule has 3 aromatic heterocycles. The van der Waals surface area contributed by atoms with E-state index in [0.717, 1.165) is 32.7 Å². The van der Waals surface area contributed by atoms with Crippen LogP contribution in [0.25, 0.3) is 27.0 Å². The van der Waals surface area contributed by atoms with Gasteiger partial charge >= 0.3 is 0 Å². The molecule has 5 aromatic rings. The third-order valence-corrected chi connectivity index (χ3v) is 7.41. The standard InChI is InChI=1S/C23H22N6O2S2/c1-23(2,3)28-33(30,31)18-6-4-5-15(11-18)20-10-8-17-13-24-22(27-29(17)20)26-16-7-9-19-21(12-16)32-14-25-19/h4-14,28H,1-3H3,(H,26,27). The first-order valence-electron chi connectivity index (χ1n) is 10.3. The van der Waals surface area contributed by atoms with Gasteiger partial charge in [-0.05, 0) is 63.2 Å². The van der Waals surface area contributed by atoms with Crippen LogP contribution in [0.1, 0.15) is 20.8 Å². The molecule has 5 rings (SSSR count). The minimum atomic E-state index is -3.66. The van der Waals surface area contributed by atoms with Crippen LogP contribution in [0.3, 0.4) is 0 Å². The summed E-state index contributed by atoms with van der Waals surface area (Å²) in [5.41, 5.74) is 5.35. The molecule has 2 N–H and O–H groups in total. The van der Waals surface area contributed by atoms with Gasteiger partial charge in [-0.2, -0.15) is 0 Å². The predicted molar refractivity (Wildman–Crippen MR) is 131 cm³/mol. The van der Waals surface area contributed by atoms with E-state index in [1.54, 1.807) is 40.2 Å². The molecule has 0 saturated carbocycles. The van der Waals surface area contributed by atoms with Gasteiger partial charge in [-0.1, -0.05) is 12.1 Å². The number of nitrogens with one attached hydrogen (secondary N) is 2. The summed E-state index contributed by atoms with van der Waals surface area (Å²) < 4.78 is 31.1. The zero-order chi connectivity index (χ0) is 23.2. The summed E-state index contributed by atoms with van der Waals surface area (Å²) in [6.07, 6.45) is 1.73. The summed E-state index contributed by atoms with van der Waals surface area (Å²) in [4.78, 5) is 8.91. The number of rotatable bonds is 5. The molecule has 2 aromatic carbocycles. The molecule has 0 unspecified atom stereocenters. The van der Waals surface area contributed by atoms with Crippen molar-refractivity contribution >= 4 is 48.7 Å². The second-order valence-corrected chi connectivity index (χ2v) is 11.2. The monoisotopic (exact) mass is 478 g/mol. The molecule has 0 aliphatic carbocycles. The number of thiazole rings is 1. The van der Waals surface area contributed by atoms with Crippen molar-refractivity contribution in [3.05, 3.63) is 66.3 Å². The van der Waals surface area contributed by atoms with Crippen LogP contribution in [0.15, 0.2) is 71.2 Å². The van der Waals surface area contributed by atoms with Crippen molar-refractivity contribution in [3.63, 3.8) is 0 Å². The smallest absolute Gasteiger partial charge is 0.245 e. The first-order valence-corrected chi connectivity index (χ1v) is 12.6. The quantitative estimate of drug-likeness (QED) is 0.375. The van der Waals surface area contributed by atoms with Crippen molar-refractivity contribution < 1.29 is 8.42 Å². The number of hydrogen-bond donors (Lipinski definition) is 2. The number of sulfonamides is 1. The number of fused-ring (bicyclic) bond motifs is 2. The molecule has 0 atom stereocenters. The molecule has 0 fully saturated rings. The van der Waals surface area contributed by atoms with E-state index in [2.05, 4.69) is 25.1 Å². The van der Waals surface area contributed by atoms with Crippen LogP contribution < -0.4 is 10.0 Å². The van der Waals surface area contributed by atoms with Crippen molar-refractivity contribution in [2.75, 3.05) is 5.32 Å². The molecule has 0 bridgehead atoms. The molecule has 0 amide bonds. The van der Waals surface area contributed by atoms with Crippen LogP contribution in [-0.2, 0) is 10.0 Å². The highest BCUT2D eigenvalue weighted by atomic mass is 32.2. The Balaban J connectivity index is 1.50. The number of nitrogens with zero attached hydrogens (tertiary/aromatic N) is 4. The van der Waals surface area contributed by atoms with E-state index >= 15 is 0 Å². The third kappa shape index (κ3) is 4.45. The molecule has 168 valence electrons. The summed E-state index contributed by atoms with van der Waals surface area (Å²) in [5, 5.41) is 7.88. The van der Waals surface area contributed by atoms with Gasteiger partial charge in [-0.15, -0.1) is 16.4 Å². The molecule has 0 saturated heterocycles. The van der Waals surface area contributed by atoms with Crippen LogP contribution in [0.2, 0.25) is 0 Å². The Labute approximate surface area is 195 Å². The minimum absolute atomic E-state index is 0.204. The Morgan fingerprint density at radius 3 is 2.67 bits per heavy atom. The lowest BCUT2D eigenvalue weighted by Gasteiger charge is -2.20. The lowest BCUT2D eigenvalue weighted by molar-refractivity contribution is 0.491. The molecule has 10 heteroatoms. The molecule has 3 heterocycles. The van der Waals surface area contributed by atoms with Gasteiger partial charge in [0.15, 0.2) is 0 Å². The lowest BCUT2D eigenvalue weighted by Crippen LogP contribution is -2.40. The fourth-order valence-electron chi connectivity index (χ4n) is 3.52. The van der Waals surface area contributed by atoms with Gasteiger partial charge in [-0.25, -0.2) is 27.6 Å². The van der Waals surface area contributed by atoms with E-state index in [4.69, 9.17) is 0 Å². The van der Waals surface area contributed by atoms with Crippen molar-refractivity contribution in [2.45, 2.75) is 31.2 Å². The second kappa shape index (κ2) is 7.91. The summed E-state index contributed by atoms with van der Waals surface area (Å²) in [6, 6.07) is 16.5. The van der Waals surface area contributed by atoms with Gasteiger partial charge in [0.2, 0.25) is 16.0 Å². The Kier molecular flexibility index (Phi) is 5.15. The number of benzene rings is 2. The fraction of sp³-hybridized carbons (Fsp3) is 0.174. The highest BCUT2D eigenvalue weighted by Crippen LogP contribution is 2.27. The van der Waals surface area contributed by atoms with Crippen molar-refractivity contribution in [1.82, 2.24) is 24.3 Å². The van der Waals surface area contributed by atoms with E-state index in [1.165, 1.54) is 0 Å². The first kappa shape index (κ1) is 21.5. The maximum absolute atomic E-state index is 12.8. The van der Waals surface area contributed by atoms with E-state index < -0.39 is 15.6 Å². The van der Waals surface area contributed by atoms with E-state index in [0.29, 0.717) is 5.95 Å². The van der Waals surface area contributed by atoms with Crippen LogP contribution >= 0.6 is 11.3 Å². The summed E-state index contributed by atoms with van der Waals surface area (Å²) >= 11 is 1.57. The maximum Gasteiger partial charge on any atom is 0.245 e. The highest BCUT2D eigenvalue weighted by molar-refractivity contribution is 7.89. The van der Waals surface area contributed by atoms with Crippen molar-refractivity contribution in [3.8, 4) is 11.3 Å².